The monoisotopic (exact) mass is 310 g/mol. The minimum atomic E-state index is -0.328. The first-order valence-corrected chi connectivity index (χ1v) is 8.44. The van der Waals surface area contributed by atoms with Crippen LogP contribution >= 0.6 is 0 Å². The summed E-state index contributed by atoms with van der Waals surface area (Å²) in [6.07, 6.45) is 0.755. The second kappa shape index (κ2) is 7.73. The van der Waals surface area contributed by atoms with Crippen LogP contribution in [0.4, 0.5) is 0 Å². The quantitative estimate of drug-likeness (QED) is 0.860. The molecule has 23 heavy (non-hydrogen) atoms. The lowest BCUT2D eigenvalue weighted by Crippen LogP contribution is -2.40. The van der Waals surface area contributed by atoms with Gasteiger partial charge >= 0.3 is 0 Å². The lowest BCUT2D eigenvalue weighted by atomic mass is 10.00. The van der Waals surface area contributed by atoms with E-state index in [-0.39, 0.29) is 6.10 Å². The lowest BCUT2D eigenvalue weighted by molar-refractivity contribution is 0.104. The number of rotatable bonds is 6. The van der Waals surface area contributed by atoms with E-state index in [4.69, 9.17) is 0 Å². The Balaban J connectivity index is 1.41. The van der Waals surface area contributed by atoms with Crippen molar-refractivity contribution < 1.29 is 5.11 Å². The summed E-state index contributed by atoms with van der Waals surface area (Å²) in [6, 6.07) is 17.1. The highest BCUT2D eigenvalue weighted by Gasteiger charge is 2.18. The first-order chi connectivity index (χ1) is 11.2. The molecule has 1 unspecified atom stereocenters. The predicted octanol–water partition coefficient (Wildman–Crippen LogP) is 2.50. The number of aryl methyl sites for hydroxylation is 1. The largest absolute Gasteiger partial charge is 0.390 e. The maximum Gasteiger partial charge on any atom is 0.0791 e. The van der Waals surface area contributed by atoms with Gasteiger partial charge in [-0.2, -0.15) is 0 Å². The van der Waals surface area contributed by atoms with Crippen LogP contribution in [0.25, 0.3) is 0 Å². The standard InChI is InChI=1S/C20H26N2O/c1-16-6-8-17(9-7-16)12-21-13-20(23)15-22-11-10-18-4-2-3-5-19(18)14-22/h2-9,20-21,23H,10-15H2,1H3. The van der Waals surface area contributed by atoms with Crippen molar-refractivity contribution in [2.75, 3.05) is 19.6 Å². The second-order valence-electron chi connectivity index (χ2n) is 6.52. The molecule has 0 aromatic heterocycles. The summed E-state index contributed by atoms with van der Waals surface area (Å²) < 4.78 is 0. The van der Waals surface area contributed by atoms with Crippen LogP contribution in [0.3, 0.4) is 0 Å². The van der Waals surface area contributed by atoms with Crippen molar-refractivity contribution in [3.63, 3.8) is 0 Å². The highest BCUT2D eigenvalue weighted by molar-refractivity contribution is 5.29. The van der Waals surface area contributed by atoms with Crippen molar-refractivity contribution in [2.24, 2.45) is 0 Å². The molecule has 0 saturated heterocycles. The predicted molar refractivity (Wildman–Crippen MR) is 94.3 cm³/mol. The minimum absolute atomic E-state index is 0.328. The van der Waals surface area contributed by atoms with Gasteiger partial charge in [0.15, 0.2) is 0 Å². The first kappa shape index (κ1) is 16.2. The number of hydrogen-bond donors (Lipinski definition) is 2. The zero-order valence-corrected chi connectivity index (χ0v) is 13.8. The Morgan fingerprint density at radius 2 is 1.83 bits per heavy atom. The molecule has 2 aromatic carbocycles. The van der Waals surface area contributed by atoms with E-state index in [0.29, 0.717) is 6.54 Å². The molecular formula is C20H26N2O. The summed E-state index contributed by atoms with van der Waals surface area (Å²) >= 11 is 0. The molecule has 1 aliphatic rings. The third-order valence-electron chi connectivity index (χ3n) is 4.51. The third-order valence-corrected chi connectivity index (χ3v) is 4.51. The normalized spacial score (nSPS) is 16.1. The number of nitrogens with zero attached hydrogens (tertiary/aromatic N) is 1. The van der Waals surface area contributed by atoms with E-state index in [0.717, 1.165) is 32.6 Å². The Bertz CT molecular complexity index is 624. The molecule has 3 rings (SSSR count). The Morgan fingerprint density at radius 1 is 1.09 bits per heavy atom. The van der Waals surface area contributed by atoms with E-state index in [1.54, 1.807) is 0 Å². The van der Waals surface area contributed by atoms with Gasteiger partial charge in [0.1, 0.15) is 0 Å². The second-order valence-corrected chi connectivity index (χ2v) is 6.52. The summed E-state index contributed by atoms with van der Waals surface area (Å²) in [5, 5.41) is 13.6. The highest BCUT2D eigenvalue weighted by atomic mass is 16.3. The first-order valence-electron chi connectivity index (χ1n) is 8.44. The van der Waals surface area contributed by atoms with Gasteiger partial charge in [0.2, 0.25) is 0 Å². The molecule has 3 heteroatoms. The molecule has 0 radical (unpaired) electrons. The van der Waals surface area contributed by atoms with Gasteiger partial charge in [-0.15, -0.1) is 0 Å². The average Bonchev–Trinajstić information content (AvgIpc) is 2.56. The number of hydrogen-bond acceptors (Lipinski definition) is 3. The molecule has 0 saturated carbocycles. The average molecular weight is 310 g/mol. The molecule has 0 bridgehead atoms. The van der Waals surface area contributed by atoms with Gasteiger partial charge in [-0.3, -0.25) is 4.90 Å². The van der Waals surface area contributed by atoms with E-state index in [1.807, 2.05) is 0 Å². The molecule has 0 aliphatic carbocycles. The van der Waals surface area contributed by atoms with Crippen molar-refractivity contribution >= 4 is 0 Å². The number of benzene rings is 2. The lowest BCUT2D eigenvalue weighted by Gasteiger charge is -2.30. The smallest absolute Gasteiger partial charge is 0.0791 e. The van der Waals surface area contributed by atoms with Crippen LogP contribution in [0.2, 0.25) is 0 Å². The summed E-state index contributed by atoms with van der Waals surface area (Å²) in [4.78, 5) is 2.35. The van der Waals surface area contributed by atoms with E-state index in [1.165, 1.54) is 22.3 Å². The summed E-state index contributed by atoms with van der Waals surface area (Å²) in [5.41, 5.74) is 5.39. The molecule has 0 amide bonds. The Morgan fingerprint density at radius 3 is 2.61 bits per heavy atom. The number of β-amino-alcohol motifs (C(OH)–C–C–N with tert-alkyl or cyclic N) is 1. The van der Waals surface area contributed by atoms with Gasteiger partial charge in [-0.25, -0.2) is 0 Å². The van der Waals surface area contributed by atoms with Crippen molar-refractivity contribution in [1.82, 2.24) is 10.2 Å². The fourth-order valence-corrected chi connectivity index (χ4v) is 3.16. The summed E-state index contributed by atoms with van der Waals surface area (Å²) in [5.74, 6) is 0. The van der Waals surface area contributed by atoms with Gasteiger partial charge in [-0.05, 0) is 30.0 Å². The minimum Gasteiger partial charge on any atom is -0.390 e. The number of aliphatic hydroxyl groups excluding tert-OH is 1. The van der Waals surface area contributed by atoms with Crippen molar-refractivity contribution in [2.45, 2.75) is 32.5 Å². The van der Waals surface area contributed by atoms with Crippen LogP contribution in [0.15, 0.2) is 48.5 Å². The van der Waals surface area contributed by atoms with Crippen LogP contribution in [-0.4, -0.2) is 35.7 Å². The number of aliphatic hydroxyl groups is 1. The van der Waals surface area contributed by atoms with E-state index in [2.05, 4.69) is 65.7 Å². The topological polar surface area (TPSA) is 35.5 Å². The highest BCUT2D eigenvalue weighted by Crippen LogP contribution is 2.18. The molecule has 1 heterocycles. The molecule has 0 fully saturated rings. The van der Waals surface area contributed by atoms with Crippen molar-refractivity contribution in [3.05, 3.63) is 70.8 Å². The maximum absolute atomic E-state index is 10.3. The maximum atomic E-state index is 10.3. The van der Waals surface area contributed by atoms with Gasteiger partial charge in [0.25, 0.3) is 0 Å². The van der Waals surface area contributed by atoms with Crippen LogP contribution in [0.5, 0.6) is 0 Å². The molecule has 1 aliphatic heterocycles. The van der Waals surface area contributed by atoms with Crippen LogP contribution in [0, 0.1) is 6.92 Å². The van der Waals surface area contributed by atoms with Gasteiger partial charge in [0, 0.05) is 32.7 Å². The molecule has 1 atom stereocenters. The Labute approximate surface area is 139 Å². The molecule has 2 aromatic rings. The molecule has 122 valence electrons. The fourth-order valence-electron chi connectivity index (χ4n) is 3.16. The Kier molecular flexibility index (Phi) is 5.44. The summed E-state index contributed by atoms with van der Waals surface area (Å²) in [6.45, 7) is 6.25. The van der Waals surface area contributed by atoms with Gasteiger partial charge < -0.3 is 10.4 Å². The third kappa shape index (κ3) is 4.64. The van der Waals surface area contributed by atoms with Crippen molar-refractivity contribution in [1.29, 1.82) is 0 Å². The SMILES string of the molecule is Cc1ccc(CNCC(O)CN2CCc3ccccc3C2)cc1. The molecular weight excluding hydrogens is 284 g/mol. The number of fused-ring (bicyclic) bond motifs is 1. The molecule has 2 N–H and O–H groups in total. The fraction of sp³-hybridized carbons (Fsp3) is 0.400. The molecule has 0 spiro atoms. The van der Waals surface area contributed by atoms with Gasteiger partial charge in [0.05, 0.1) is 6.10 Å². The summed E-state index contributed by atoms with van der Waals surface area (Å²) in [7, 11) is 0. The van der Waals surface area contributed by atoms with Crippen LogP contribution < -0.4 is 5.32 Å². The van der Waals surface area contributed by atoms with Crippen molar-refractivity contribution in [3.8, 4) is 0 Å². The van der Waals surface area contributed by atoms with Crippen LogP contribution in [-0.2, 0) is 19.5 Å². The Hall–Kier alpha value is -1.68. The molecule has 3 nitrogen and oxygen atoms in total. The van der Waals surface area contributed by atoms with E-state index >= 15 is 0 Å². The van der Waals surface area contributed by atoms with E-state index < -0.39 is 0 Å². The van der Waals surface area contributed by atoms with Gasteiger partial charge in [-0.1, -0.05) is 54.1 Å². The van der Waals surface area contributed by atoms with E-state index in [9.17, 15) is 5.11 Å². The zero-order chi connectivity index (χ0) is 16.1. The zero-order valence-electron chi connectivity index (χ0n) is 13.8. The van der Waals surface area contributed by atoms with Crippen LogP contribution in [0.1, 0.15) is 22.3 Å². The number of nitrogens with one attached hydrogen (secondary N) is 1.